The third-order valence-corrected chi connectivity index (χ3v) is 5.76. The van der Waals surface area contributed by atoms with E-state index in [4.69, 9.17) is 4.74 Å². The zero-order valence-electron chi connectivity index (χ0n) is 13.7. The van der Waals surface area contributed by atoms with Crippen molar-refractivity contribution in [3.05, 3.63) is 29.8 Å². The maximum Gasteiger partial charge on any atom is 0.337 e. The fourth-order valence-electron chi connectivity index (χ4n) is 2.66. The molecule has 1 atom stereocenters. The van der Waals surface area contributed by atoms with Gasteiger partial charge in [-0.3, -0.25) is 4.79 Å². The van der Waals surface area contributed by atoms with Crippen LogP contribution in [0.1, 0.15) is 30.1 Å². The van der Waals surface area contributed by atoms with Crippen LogP contribution in [0.3, 0.4) is 0 Å². The Morgan fingerprint density at radius 3 is 2.75 bits per heavy atom. The largest absolute Gasteiger partial charge is 0.466 e. The lowest BCUT2D eigenvalue weighted by Gasteiger charge is -2.30. The molecule has 132 valence electrons. The molecule has 8 heteroatoms. The smallest absolute Gasteiger partial charge is 0.337 e. The Kier molecular flexibility index (Phi) is 5.95. The van der Waals surface area contributed by atoms with Gasteiger partial charge in [-0.1, -0.05) is 6.07 Å². The third-order valence-electron chi connectivity index (χ3n) is 3.90. The first-order chi connectivity index (χ1) is 11.4. The topological polar surface area (TPSA) is 90.0 Å². The molecule has 2 rings (SSSR count). The highest BCUT2D eigenvalue weighted by atomic mass is 32.2. The Morgan fingerprint density at radius 2 is 2.08 bits per heavy atom. The number of hydrogen-bond donors (Lipinski definition) is 0. The van der Waals surface area contributed by atoms with E-state index in [-0.39, 0.29) is 29.6 Å². The van der Waals surface area contributed by atoms with Gasteiger partial charge in [0.1, 0.15) is 0 Å². The fraction of sp³-hybridized carbons (Fsp3) is 0.500. The van der Waals surface area contributed by atoms with Gasteiger partial charge in [-0.2, -0.15) is 4.31 Å². The Hall–Kier alpha value is -1.93. The van der Waals surface area contributed by atoms with Crippen LogP contribution in [0.5, 0.6) is 0 Å². The first-order valence-electron chi connectivity index (χ1n) is 7.75. The van der Waals surface area contributed by atoms with Crippen molar-refractivity contribution in [3.8, 4) is 0 Å². The molecule has 0 saturated carbocycles. The van der Waals surface area contributed by atoms with E-state index in [2.05, 4.69) is 4.74 Å². The fourth-order valence-corrected chi connectivity index (χ4v) is 4.23. The predicted octanol–water partition coefficient (Wildman–Crippen LogP) is 1.44. The van der Waals surface area contributed by atoms with Gasteiger partial charge in [-0.15, -0.1) is 0 Å². The molecule has 1 aliphatic heterocycles. The lowest BCUT2D eigenvalue weighted by molar-refractivity contribution is -0.149. The zero-order valence-corrected chi connectivity index (χ0v) is 14.5. The van der Waals surface area contributed by atoms with Crippen LogP contribution in [-0.2, 0) is 24.3 Å². The molecule has 0 spiro atoms. The van der Waals surface area contributed by atoms with Crippen molar-refractivity contribution >= 4 is 22.0 Å². The lowest BCUT2D eigenvalue weighted by atomic mass is 10.0. The SMILES string of the molecule is CCOC(=O)[C@H]1CCCN(S(=O)(=O)c2cccc(C(=O)OC)c2)C1. The third kappa shape index (κ3) is 3.93. The summed E-state index contributed by atoms with van der Waals surface area (Å²) in [4.78, 5) is 23.5. The highest BCUT2D eigenvalue weighted by Crippen LogP contribution is 2.25. The summed E-state index contributed by atoms with van der Waals surface area (Å²) in [6.45, 7) is 2.40. The number of carbonyl (C=O) groups is 2. The minimum Gasteiger partial charge on any atom is -0.466 e. The first kappa shape index (κ1) is 18.4. The van der Waals surface area contributed by atoms with Gasteiger partial charge in [0, 0.05) is 13.1 Å². The van der Waals surface area contributed by atoms with Gasteiger partial charge in [0.25, 0.3) is 0 Å². The molecule has 1 fully saturated rings. The van der Waals surface area contributed by atoms with Gasteiger partial charge >= 0.3 is 11.9 Å². The molecule has 1 aromatic carbocycles. The van der Waals surface area contributed by atoms with Crippen molar-refractivity contribution < 1.29 is 27.5 Å². The molecule has 0 amide bonds. The quantitative estimate of drug-likeness (QED) is 0.743. The summed E-state index contributed by atoms with van der Waals surface area (Å²) < 4.78 is 36.5. The molecule has 0 aromatic heterocycles. The molecule has 1 aliphatic rings. The van der Waals surface area contributed by atoms with Crippen LogP contribution in [0.25, 0.3) is 0 Å². The number of rotatable bonds is 5. The van der Waals surface area contributed by atoms with E-state index in [9.17, 15) is 18.0 Å². The standard InChI is InChI=1S/C16H21NO6S/c1-3-23-16(19)13-7-5-9-17(11-13)24(20,21)14-8-4-6-12(10-14)15(18)22-2/h4,6,8,10,13H,3,5,7,9,11H2,1-2H3/t13-/m0/s1. The molecular weight excluding hydrogens is 334 g/mol. The van der Waals surface area contributed by atoms with Crippen molar-refractivity contribution in [2.45, 2.75) is 24.7 Å². The van der Waals surface area contributed by atoms with Gasteiger partial charge < -0.3 is 9.47 Å². The Bertz CT molecular complexity index is 715. The van der Waals surface area contributed by atoms with Crippen LogP contribution in [0.4, 0.5) is 0 Å². The molecule has 0 bridgehead atoms. The summed E-state index contributed by atoms with van der Waals surface area (Å²) in [6.07, 6.45) is 1.19. The van der Waals surface area contributed by atoms with Gasteiger partial charge in [0.05, 0.1) is 30.1 Å². The number of piperidine rings is 1. The van der Waals surface area contributed by atoms with Crippen molar-refractivity contribution in [1.82, 2.24) is 4.31 Å². The second-order valence-corrected chi connectivity index (χ2v) is 7.41. The van der Waals surface area contributed by atoms with Gasteiger partial charge in [0.15, 0.2) is 0 Å². The number of hydrogen-bond acceptors (Lipinski definition) is 6. The first-order valence-corrected chi connectivity index (χ1v) is 9.19. The number of benzene rings is 1. The highest BCUT2D eigenvalue weighted by Gasteiger charge is 2.34. The van der Waals surface area contributed by atoms with Crippen LogP contribution >= 0.6 is 0 Å². The van der Waals surface area contributed by atoms with E-state index >= 15 is 0 Å². The second kappa shape index (κ2) is 7.76. The summed E-state index contributed by atoms with van der Waals surface area (Å²) in [5.74, 6) is -1.44. The summed E-state index contributed by atoms with van der Waals surface area (Å²) in [5, 5.41) is 0. The average Bonchev–Trinajstić information content (AvgIpc) is 2.61. The van der Waals surface area contributed by atoms with E-state index in [1.165, 1.54) is 35.7 Å². The van der Waals surface area contributed by atoms with Crippen molar-refractivity contribution in [2.75, 3.05) is 26.8 Å². The minimum absolute atomic E-state index is 0.00917. The molecule has 7 nitrogen and oxygen atoms in total. The summed E-state index contributed by atoms with van der Waals surface area (Å²) in [5.41, 5.74) is 0.164. The van der Waals surface area contributed by atoms with Gasteiger partial charge in [-0.05, 0) is 38.0 Å². The number of methoxy groups -OCH3 is 1. The van der Waals surface area contributed by atoms with E-state index in [0.717, 1.165) is 0 Å². The lowest BCUT2D eigenvalue weighted by Crippen LogP contribution is -2.42. The van der Waals surface area contributed by atoms with E-state index < -0.39 is 21.9 Å². The normalized spacial score (nSPS) is 18.8. The minimum atomic E-state index is -3.79. The Morgan fingerprint density at radius 1 is 1.33 bits per heavy atom. The maximum atomic E-state index is 12.8. The Labute approximate surface area is 141 Å². The molecule has 0 aliphatic carbocycles. The molecule has 1 heterocycles. The number of nitrogens with zero attached hydrogens (tertiary/aromatic N) is 1. The molecule has 24 heavy (non-hydrogen) atoms. The number of sulfonamides is 1. The highest BCUT2D eigenvalue weighted by molar-refractivity contribution is 7.89. The number of carbonyl (C=O) groups excluding carboxylic acids is 2. The molecule has 1 aromatic rings. The van der Waals surface area contributed by atoms with Crippen LogP contribution in [0.15, 0.2) is 29.2 Å². The van der Waals surface area contributed by atoms with E-state index in [1.54, 1.807) is 6.92 Å². The van der Waals surface area contributed by atoms with Gasteiger partial charge in [0.2, 0.25) is 10.0 Å². The predicted molar refractivity (Wildman–Crippen MR) is 85.9 cm³/mol. The monoisotopic (exact) mass is 355 g/mol. The van der Waals surface area contributed by atoms with Crippen molar-refractivity contribution in [2.24, 2.45) is 5.92 Å². The molecule has 1 saturated heterocycles. The van der Waals surface area contributed by atoms with Crippen molar-refractivity contribution in [3.63, 3.8) is 0 Å². The average molecular weight is 355 g/mol. The Balaban J connectivity index is 2.23. The van der Waals surface area contributed by atoms with E-state index in [1.807, 2.05) is 0 Å². The van der Waals surface area contributed by atoms with Crippen LogP contribution in [0, 0.1) is 5.92 Å². The zero-order chi connectivity index (χ0) is 17.7. The number of esters is 2. The maximum absolute atomic E-state index is 12.8. The summed E-state index contributed by atoms with van der Waals surface area (Å²) in [7, 11) is -2.56. The van der Waals surface area contributed by atoms with Crippen molar-refractivity contribution in [1.29, 1.82) is 0 Å². The van der Waals surface area contributed by atoms with Crippen LogP contribution in [0.2, 0.25) is 0 Å². The summed E-state index contributed by atoms with van der Waals surface area (Å²) in [6, 6.07) is 5.69. The molecule has 0 N–H and O–H groups in total. The second-order valence-electron chi connectivity index (χ2n) is 5.47. The number of ether oxygens (including phenoxy) is 2. The van der Waals surface area contributed by atoms with Crippen LogP contribution < -0.4 is 0 Å². The summed E-state index contributed by atoms with van der Waals surface area (Å²) >= 11 is 0. The van der Waals surface area contributed by atoms with Crippen LogP contribution in [-0.4, -0.2) is 51.5 Å². The molecule has 0 unspecified atom stereocenters. The van der Waals surface area contributed by atoms with E-state index in [0.29, 0.717) is 19.4 Å². The van der Waals surface area contributed by atoms with Gasteiger partial charge in [-0.25, -0.2) is 13.2 Å². The molecular formula is C16H21NO6S. The molecule has 0 radical (unpaired) electrons.